The molecular formula is C19H26N3PS. The van der Waals surface area contributed by atoms with E-state index in [0.29, 0.717) is 12.5 Å². The highest BCUT2D eigenvalue weighted by molar-refractivity contribution is 7.80. The van der Waals surface area contributed by atoms with Gasteiger partial charge in [0.1, 0.15) is 4.99 Å². The molecule has 0 saturated heterocycles. The van der Waals surface area contributed by atoms with Gasteiger partial charge < -0.3 is 11.2 Å². The second-order valence-electron chi connectivity index (χ2n) is 6.05. The maximum Gasteiger partial charge on any atom is 0.120 e. The fourth-order valence-corrected chi connectivity index (χ4v) is 3.64. The van der Waals surface area contributed by atoms with Crippen molar-refractivity contribution in [2.75, 3.05) is 13.6 Å². The zero-order chi connectivity index (χ0) is 17.5. The van der Waals surface area contributed by atoms with Gasteiger partial charge in [-0.3, -0.25) is 0 Å². The Bertz CT molecular complexity index is 663. The molecular weight excluding hydrogens is 333 g/mol. The van der Waals surface area contributed by atoms with Crippen LogP contribution in [-0.2, 0) is 0 Å². The molecule has 3 nitrogen and oxygen atoms in total. The molecule has 0 heterocycles. The summed E-state index contributed by atoms with van der Waals surface area (Å²) in [5.74, 6) is 0.396. The maximum atomic E-state index is 5.81. The minimum Gasteiger partial charge on any atom is -0.330 e. The fourth-order valence-electron chi connectivity index (χ4n) is 2.98. The van der Waals surface area contributed by atoms with E-state index in [1.54, 1.807) is 0 Å². The van der Waals surface area contributed by atoms with E-state index in [4.69, 9.17) is 18.0 Å². The molecule has 3 unspecified atom stereocenters. The number of nitrogens with one attached hydrogen (secondary N) is 1. The van der Waals surface area contributed by atoms with Crippen molar-refractivity contribution in [3.05, 3.63) is 65.7 Å². The van der Waals surface area contributed by atoms with Gasteiger partial charge in [-0.1, -0.05) is 73.7 Å². The first kappa shape index (κ1) is 19.0. The second-order valence-corrected chi connectivity index (χ2v) is 7.08. The van der Waals surface area contributed by atoms with Crippen LogP contribution in [0.2, 0.25) is 0 Å². The summed E-state index contributed by atoms with van der Waals surface area (Å²) in [6.07, 6.45) is 0.952. The first-order chi connectivity index (χ1) is 11.5. The first-order valence-electron chi connectivity index (χ1n) is 8.18. The molecule has 0 radical (unpaired) electrons. The first-order valence-corrected chi connectivity index (χ1v) is 9.16. The number of thiocarbonyl (C=S) groups is 1. The van der Waals surface area contributed by atoms with Crippen molar-refractivity contribution in [1.82, 2.24) is 10.4 Å². The van der Waals surface area contributed by atoms with Gasteiger partial charge in [0.2, 0.25) is 0 Å². The lowest BCUT2D eigenvalue weighted by Crippen LogP contribution is -2.44. The number of hydrogen-bond acceptors (Lipinski definition) is 3. The average Bonchev–Trinajstić information content (AvgIpc) is 2.58. The molecule has 3 atom stereocenters. The Hall–Kier alpha value is -1.32. The summed E-state index contributed by atoms with van der Waals surface area (Å²) < 4.78 is 0. The summed E-state index contributed by atoms with van der Waals surface area (Å²) in [4.78, 5) is 0.726. The summed E-state index contributed by atoms with van der Waals surface area (Å²) in [5.41, 5.74) is 11.5. The van der Waals surface area contributed by atoms with Crippen LogP contribution in [0.15, 0.2) is 54.6 Å². The average molecular weight is 359 g/mol. The smallest absolute Gasteiger partial charge is 0.120 e. The van der Waals surface area contributed by atoms with Crippen LogP contribution in [0, 0.1) is 5.92 Å². The Kier molecular flexibility index (Phi) is 7.32. The van der Waals surface area contributed by atoms with Crippen molar-refractivity contribution in [3.8, 4) is 0 Å². The second kappa shape index (κ2) is 9.24. The van der Waals surface area contributed by atoms with E-state index in [0.717, 1.165) is 17.0 Å². The van der Waals surface area contributed by atoms with E-state index in [1.165, 1.54) is 10.9 Å². The monoisotopic (exact) mass is 359 g/mol. The highest BCUT2D eigenvalue weighted by Gasteiger charge is 2.25. The number of hydrazine groups is 1. The summed E-state index contributed by atoms with van der Waals surface area (Å²) in [7, 11) is 4.88. The Morgan fingerprint density at radius 1 is 1.17 bits per heavy atom. The molecule has 0 aliphatic carbocycles. The van der Waals surface area contributed by atoms with E-state index in [-0.39, 0.29) is 6.04 Å². The zero-order valence-electron chi connectivity index (χ0n) is 14.3. The van der Waals surface area contributed by atoms with Gasteiger partial charge in [0.05, 0.1) is 6.04 Å². The van der Waals surface area contributed by atoms with Gasteiger partial charge in [-0.25, -0.2) is 5.01 Å². The molecule has 2 aromatic rings. The number of nitrogens with zero attached hydrogens (tertiary/aromatic N) is 1. The molecule has 5 heteroatoms. The quantitative estimate of drug-likeness (QED) is 0.453. The van der Waals surface area contributed by atoms with Gasteiger partial charge in [0.15, 0.2) is 0 Å². The molecule has 2 rings (SSSR count). The normalized spacial score (nSPS) is 13.5. The molecule has 0 saturated carbocycles. The third-order valence-corrected chi connectivity index (χ3v) is 5.06. The van der Waals surface area contributed by atoms with Crippen LogP contribution in [0.5, 0.6) is 0 Å². The Morgan fingerprint density at radius 3 is 2.42 bits per heavy atom. The van der Waals surface area contributed by atoms with E-state index in [1.807, 2.05) is 37.4 Å². The van der Waals surface area contributed by atoms with Crippen molar-refractivity contribution in [2.45, 2.75) is 19.4 Å². The lowest BCUT2D eigenvalue weighted by atomic mass is 9.91. The van der Waals surface area contributed by atoms with Crippen LogP contribution in [0.25, 0.3) is 0 Å². The largest absolute Gasteiger partial charge is 0.330 e. The van der Waals surface area contributed by atoms with E-state index in [2.05, 4.69) is 50.9 Å². The van der Waals surface area contributed by atoms with Gasteiger partial charge in [-0.05, 0) is 29.8 Å². The van der Waals surface area contributed by atoms with E-state index < -0.39 is 0 Å². The third-order valence-electron chi connectivity index (χ3n) is 4.21. The predicted octanol–water partition coefficient (Wildman–Crippen LogP) is 3.03. The minimum absolute atomic E-state index is 0.184. The summed E-state index contributed by atoms with van der Waals surface area (Å²) in [6.45, 7) is 2.91. The molecule has 0 spiro atoms. The Morgan fingerprint density at radius 2 is 1.79 bits per heavy atom. The van der Waals surface area contributed by atoms with Crippen molar-refractivity contribution < 1.29 is 0 Å². The molecule has 0 amide bonds. The molecule has 0 aromatic heterocycles. The summed E-state index contributed by atoms with van der Waals surface area (Å²) in [6, 6.07) is 18.6. The maximum absolute atomic E-state index is 5.81. The van der Waals surface area contributed by atoms with Gasteiger partial charge in [0.25, 0.3) is 0 Å². The van der Waals surface area contributed by atoms with Crippen molar-refractivity contribution >= 4 is 31.8 Å². The van der Waals surface area contributed by atoms with Crippen molar-refractivity contribution in [2.24, 2.45) is 11.7 Å². The minimum atomic E-state index is 0.184. The highest BCUT2D eigenvalue weighted by Crippen LogP contribution is 2.28. The molecule has 0 bridgehead atoms. The standard InChI is InChI=1S/C19H26N3PS/c1-14(12-13-20)18(16-10-6-7-11-17(16)23)22(2)21-19(24)15-8-4-3-5-9-15/h3-11,14,18H,12-13,20,23H2,1-2H3,(H,21,24). The number of benzene rings is 2. The van der Waals surface area contributed by atoms with Crippen LogP contribution < -0.4 is 16.5 Å². The van der Waals surface area contributed by atoms with Crippen LogP contribution in [0.1, 0.15) is 30.5 Å². The molecule has 24 heavy (non-hydrogen) atoms. The number of nitrogens with two attached hydrogens (primary N) is 1. The molecule has 0 aliphatic rings. The van der Waals surface area contributed by atoms with Gasteiger partial charge in [-0.2, -0.15) is 0 Å². The summed E-state index contributed by atoms with van der Waals surface area (Å²) >= 11 is 5.57. The predicted molar refractivity (Wildman–Crippen MR) is 110 cm³/mol. The topological polar surface area (TPSA) is 41.3 Å². The fraction of sp³-hybridized carbons (Fsp3) is 0.316. The lowest BCUT2D eigenvalue weighted by Gasteiger charge is -2.35. The molecule has 2 aromatic carbocycles. The molecule has 128 valence electrons. The van der Waals surface area contributed by atoms with Crippen LogP contribution in [0.4, 0.5) is 0 Å². The highest BCUT2D eigenvalue weighted by atomic mass is 32.1. The van der Waals surface area contributed by atoms with Gasteiger partial charge in [0, 0.05) is 12.6 Å². The molecule has 3 N–H and O–H groups in total. The van der Waals surface area contributed by atoms with Gasteiger partial charge in [-0.15, -0.1) is 9.24 Å². The Labute approximate surface area is 152 Å². The third kappa shape index (κ3) is 4.84. The molecule has 0 aliphatic heterocycles. The van der Waals surface area contributed by atoms with Crippen LogP contribution >= 0.6 is 21.5 Å². The van der Waals surface area contributed by atoms with Crippen molar-refractivity contribution in [1.29, 1.82) is 0 Å². The number of rotatable bonds is 7. The van der Waals surface area contributed by atoms with Crippen molar-refractivity contribution in [3.63, 3.8) is 0 Å². The zero-order valence-corrected chi connectivity index (χ0v) is 16.2. The van der Waals surface area contributed by atoms with E-state index >= 15 is 0 Å². The summed E-state index contributed by atoms with van der Waals surface area (Å²) in [5, 5.41) is 3.31. The van der Waals surface area contributed by atoms with Gasteiger partial charge >= 0.3 is 0 Å². The van der Waals surface area contributed by atoms with E-state index in [9.17, 15) is 0 Å². The lowest BCUT2D eigenvalue weighted by molar-refractivity contribution is 0.152. The molecule has 0 fully saturated rings. The van der Waals surface area contributed by atoms with Crippen LogP contribution in [0.3, 0.4) is 0 Å². The van der Waals surface area contributed by atoms with Crippen LogP contribution in [-0.4, -0.2) is 23.6 Å². The Balaban J connectivity index is 2.23. The number of hydrogen-bond donors (Lipinski definition) is 2. The SMILES string of the molecule is CC(CCN)C(c1ccccc1P)N(C)NC(=S)c1ccccc1.